The third-order valence-electron chi connectivity index (χ3n) is 4.22. The van der Waals surface area contributed by atoms with Gasteiger partial charge in [0.1, 0.15) is 5.82 Å². The Balaban J connectivity index is 2.03. The number of primary amides is 1. The Morgan fingerprint density at radius 3 is 2.88 bits per heavy atom. The molecule has 0 fully saturated rings. The van der Waals surface area contributed by atoms with Crippen molar-refractivity contribution in [2.24, 2.45) is 12.8 Å². The van der Waals surface area contributed by atoms with Gasteiger partial charge in [0.25, 0.3) is 5.91 Å². The summed E-state index contributed by atoms with van der Waals surface area (Å²) < 4.78 is 12.4. The summed E-state index contributed by atoms with van der Waals surface area (Å²) in [5, 5.41) is 7.27. The van der Waals surface area contributed by atoms with Gasteiger partial charge in [0, 0.05) is 24.9 Å². The van der Waals surface area contributed by atoms with E-state index in [0.29, 0.717) is 23.7 Å². The van der Waals surface area contributed by atoms with E-state index in [1.807, 2.05) is 13.0 Å². The summed E-state index contributed by atoms with van der Waals surface area (Å²) in [4.78, 5) is 23.1. The van der Waals surface area contributed by atoms with Crippen molar-refractivity contribution >= 4 is 17.6 Å². The number of hydrogen-bond acceptors (Lipinski definition) is 5. The molecule has 3 rings (SSSR count). The number of nitrogens with two attached hydrogens (primary N) is 1. The maximum absolute atomic E-state index is 12.1. The van der Waals surface area contributed by atoms with Gasteiger partial charge in [-0.3, -0.25) is 14.3 Å². The van der Waals surface area contributed by atoms with Gasteiger partial charge in [-0.2, -0.15) is 5.10 Å². The summed E-state index contributed by atoms with van der Waals surface area (Å²) in [6, 6.07) is 5.42. The van der Waals surface area contributed by atoms with Crippen LogP contribution >= 0.6 is 0 Å². The monoisotopic (exact) mass is 344 g/mol. The van der Waals surface area contributed by atoms with E-state index in [2.05, 4.69) is 10.4 Å². The predicted octanol–water partition coefficient (Wildman–Crippen LogP) is 1.08. The second kappa shape index (κ2) is 6.46. The molecule has 0 radical (unpaired) electrons. The Bertz CT molecular complexity index is 843. The molecule has 1 aromatic heterocycles. The molecule has 0 aliphatic carbocycles. The van der Waals surface area contributed by atoms with Crippen molar-refractivity contribution in [3.63, 3.8) is 0 Å². The van der Waals surface area contributed by atoms with E-state index >= 15 is 0 Å². The van der Waals surface area contributed by atoms with Crippen molar-refractivity contribution in [2.45, 2.75) is 19.3 Å². The molecule has 1 aromatic carbocycles. The summed E-state index contributed by atoms with van der Waals surface area (Å²) in [7, 11) is 3.31. The van der Waals surface area contributed by atoms with Gasteiger partial charge in [0.2, 0.25) is 5.91 Å². The zero-order chi connectivity index (χ0) is 18.1. The highest BCUT2D eigenvalue weighted by Crippen LogP contribution is 2.41. The lowest BCUT2D eigenvalue weighted by Gasteiger charge is -2.24. The third kappa shape index (κ3) is 3.15. The van der Waals surface area contributed by atoms with Crippen LogP contribution in [-0.2, 0) is 16.6 Å². The van der Waals surface area contributed by atoms with Crippen LogP contribution in [0.1, 0.15) is 29.2 Å². The summed E-state index contributed by atoms with van der Waals surface area (Å²) in [6.07, 6.45) is 0.307. The smallest absolute Gasteiger partial charge is 0.255 e. The van der Waals surface area contributed by atoms with Crippen LogP contribution in [0.3, 0.4) is 0 Å². The number of ether oxygens (including phenoxy) is 2. The Labute approximate surface area is 144 Å². The number of carbonyl (C=O) groups is 2. The van der Waals surface area contributed by atoms with Crippen LogP contribution in [-0.4, -0.2) is 35.3 Å². The number of hydrogen-bond donors (Lipinski definition) is 2. The highest BCUT2D eigenvalue weighted by atomic mass is 16.5. The number of aryl methyl sites for hydroxylation is 2. The molecule has 0 unspecified atom stereocenters. The fourth-order valence-corrected chi connectivity index (χ4v) is 3.17. The molecule has 8 heteroatoms. The average Bonchev–Trinajstić information content (AvgIpc) is 2.86. The number of fused-ring (bicyclic) bond motifs is 1. The molecule has 1 atom stereocenters. The van der Waals surface area contributed by atoms with Crippen molar-refractivity contribution < 1.29 is 19.1 Å². The third-order valence-corrected chi connectivity index (χ3v) is 4.22. The van der Waals surface area contributed by atoms with Gasteiger partial charge in [-0.1, -0.05) is 6.07 Å². The Kier molecular flexibility index (Phi) is 4.35. The number of aromatic nitrogens is 2. The second-order valence-electron chi connectivity index (χ2n) is 5.94. The fraction of sp³-hybridized carbons (Fsp3) is 0.353. The van der Waals surface area contributed by atoms with E-state index in [-0.39, 0.29) is 18.4 Å². The zero-order valence-electron chi connectivity index (χ0n) is 14.3. The minimum Gasteiger partial charge on any atom is -0.493 e. The molecule has 0 bridgehead atoms. The molecule has 3 N–H and O–H groups in total. The molecule has 1 aliphatic heterocycles. The van der Waals surface area contributed by atoms with Gasteiger partial charge in [-0.25, -0.2) is 0 Å². The SMILES string of the molecule is COc1ccc([C@H]2CC(=O)Nc3c2c(C)nn3C)cc1OCC(N)=O. The van der Waals surface area contributed by atoms with Gasteiger partial charge < -0.3 is 20.5 Å². The number of nitrogens with zero attached hydrogens (tertiary/aromatic N) is 2. The Hall–Kier alpha value is -3.03. The first-order valence-electron chi connectivity index (χ1n) is 7.83. The molecule has 1 aliphatic rings. The number of benzene rings is 1. The Morgan fingerprint density at radius 2 is 2.20 bits per heavy atom. The largest absolute Gasteiger partial charge is 0.493 e. The van der Waals surface area contributed by atoms with Crippen LogP contribution in [0.4, 0.5) is 5.82 Å². The van der Waals surface area contributed by atoms with Gasteiger partial charge in [-0.15, -0.1) is 0 Å². The molecule has 0 saturated heterocycles. The fourth-order valence-electron chi connectivity index (χ4n) is 3.17. The van der Waals surface area contributed by atoms with Crippen LogP contribution in [0.15, 0.2) is 18.2 Å². The van der Waals surface area contributed by atoms with Crippen molar-refractivity contribution in [3.05, 3.63) is 35.0 Å². The zero-order valence-corrected chi connectivity index (χ0v) is 14.3. The second-order valence-corrected chi connectivity index (χ2v) is 5.94. The van der Waals surface area contributed by atoms with Crippen LogP contribution in [0.5, 0.6) is 11.5 Å². The highest BCUT2D eigenvalue weighted by Gasteiger charge is 2.32. The quantitative estimate of drug-likeness (QED) is 0.843. The standard InChI is InChI=1S/C17H20N4O4/c1-9-16-11(7-15(23)19-17(16)21(2)20-9)10-4-5-12(24-3)13(6-10)25-8-14(18)22/h4-6,11H,7-8H2,1-3H3,(H2,18,22)(H,19,23)/t11-/m1/s1. The number of rotatable bonds is 5. The molecule has 2 heterocycles. The van der Waals surface area contributed by atoms with Crippen molar-refractivity contribution in [2.75, 3.05) is 19.0 Å². The Morgan fingerprint density at radius 1 is 1.44 bits per heavy atom. The molecule has 2 amide bonds. The summed E-state index contributed by atoms with van der Waals surface area (Å²) in [5.41, 5.74) is 7.87. The normalized spacial score (nSPS) is 16.1. The maximum Gasteiger partial charge on any atom is 0.255 e. The van der Waals surface area contributed by atoms with Crippen LogP contribution in [0, 0.1) is 6.92 Å². The first-order chi connectivity index (χ1) is 11.9. The predicted molar refractivity (Wildman–Crippen MR) is 90.7 cm³/mol. The average molecular weight is 344 g/mol. The van der Waals surface area contributed by atoms with E-state index in [1.165, 1.54) is 7.11 Å². The van der Waals surface area contributed by atoms with E-state index in [1.54, 1.807) is 23.9 Å². The maximum atomic E-state index is 12.1. The number of carbonyl (C=O) groups excluding carboxylic acids is 2. The highest BCUT2D eigenvalue weighted by molar-refractivity contribution is 5.94. The first kappa shape index (κ1) is 16.8. The molecule has 25 heavy (non-hydrogen) atoms. The first-order valence-corrected chi connectivity index (χ1v) is 7.83. The minimum atomic E-state index is -0.574. The summed E-state index contributed by atoms with van der Waals surface area (Å²) in [6.45, 7) is 1.67. The molecule has 0 saturated carbocycles. The van der Waals surface area contributed by atoms with Crippen LogP contribution in [0.2, 0.25) is 0 Å². The number of nitrogens with one attached hydrogen (secondary N) is 1. The molecule has 0 spiro atoms. The van der Waals surface area contributed by atoms with E-state index in [0.717, 1.165) is 16.8 Å². The lowest BCUT2D eigenvalue weighted by molar-refractivity contribution is -0.120. The lowest BCUT2D eigenvalue weighted by atomic mass is 9.85. The van der Waals surface area contributed by atoms with Crippen molar-refractivity contribution in [3.8, 4) is 11.5 Å². The van der Waals surface area contributed by atoms with Crippen LogP contribution in [0.25, 0.3) is 0 Å². The van der Waals surface area contributed by atoms with E-state index in [4.69, 9.17) is 15.2 Å². The molecule has 132 valence electrons. The molecular formula is C17H20N4O4. The number of anilines is 1. The summed E-state index contributed by atoms with van der Waals surface area (Å²) >= 11 is 0. The van der Waals surface area contributed by atoms with Gasteiger partial charge in [0.15, 0.2) is 18.1 Å². The number of methoxy groups -OCH3 is 1. The molecule has 8 nitrogen and oxygen atoms in total. The minimum absolute atomic E-state index is 0.0732. The summed E-state index contributed by atoms with van der Waals surface area (Å²) in [5.74, 6) is 0.806. The molecule has 2 aromatic rings. The van der Waals surface area contributed by atoms with E-state index < -0.39 is 5.91 Å². The van der Waals surface area contributed by atoms with Gasteiger partial charge in [0.05, 0.1) is 12.8 Å². The number of amides is 2. The van der Waals surface area contributed by atoms with E-state index in [9.17, 15) is 9.59 Å². The topological polar surface area (TPSA) is 108 Å². The van der Waals surface area contributed by atoms with Gasteiger partial charge in [-0.05, 0) is 24.6 Å². The van der Waals surface area contributed by atoms with Crippen molar-refractivity contribution in [1.29, 1.82) is 0 Å². The van der Waals surface area contributed by atoms with Gasteiger partial charge >= 0.3 is 0 Å². The molecular weight excluding hydrogens is 324 g/mol. The van der Waals surface area contributed by atoms with Crippen molar-refractivity contribution in [1.82, 2.24) is 9.78 Å². The van der Waals surface area contributed by atoms with Crippen LogP contribution < -0.4 is 20.5 Å². The lowest BCUT2D eigenvalue weighted by Crippen LogP contribution is -2.25.